The average molecular weight is 387 g/mol. The van der Waals surface area contributed by atoms with Gasteiger partial charge in [0.2, 0.25) is 0 Å². The zero-order valence-electron chi connectivity index (χ0n) is 10.7. The van der Waals surface area contributed by atoms with Crippen LogP contribution in [0.1, 0.15) is 28.9 Å². The van der Waals surface area contributed by atoms with Crippen LogP contribution in [-0.2, 0) is 0 Å². The van der Waals surface area contributed by atoms with E-state index < -0.39 is 17.7 Å². The lowest BCUT2D eigenvalue weighted by atomic mass is 10.1. The van der Waals surface area contributed by atoms with Crippen LogP contribution in [0.15, 0.2) is 42.5 Å². The Labute approximate surface area is 129 Å². The van der Waals surface area contributed by atoms with Crippen LogP contribution >= 0.6 is 22.6 Å². The molecule has 1 unspecified atom stereocenters. The molecule has 0 aliphatic heterocycles. The van der Waals surface area contributed by atoms with Gasteiger partial charge in [0.1, 0.15) is 0 Å². The molecule has 20 heavy (non-hydrogen) atoms. The van der Waals surface area contributed by atoms with Crippen molar-refractivity contribution in [3.63, 3.8) is 0 Å². The first kappa shape index (κ1) is 14.9. The largest absolute Gasteiger partial charge is 0.345 e. The maximum Gasteiger partial charge on any atom is 0.252 e. The van der Waals surface area contributed by atoms with E-state index in [9.17, 15) is 13.6 Å². The molecule has 0 heterocycles. The monoisotopic (exact) mass is 387 g/mol. The number of amides is 1. The lowest BCUT2D eigenvalue weighted by Crippen LogP contribution is -2.27. The van der Waals surface area contributed by atoms with Crippen LogP contribution in [0, 0.1) is 15.2 Å². The van der Waals surface area contributed by atoms with E-state index in [0.717, 1.165) is 15.7 Å². The van der Waals surface area contributed by atoms with E-state index in [2.05, 4.69) is 27.9 Å². The van der Waals surface area contributed by atoms with Crippen LogP contribution < -0.4 is 5.32 Å². The number of hydrogen-bond acceptors (Lipinski definition) is 1. The Morgan fingerprint density at radius 1 is 1.15 bits per heavy atom. The summed E-state index contributed by atoms with van der Waals surface area (Å²) in [5, 5.41) is 2.77. The Hall–Kier alpha value is -1.50. The molecule has 0 aliphatic carbocycles. The molecule has 0 saturated heterocycles. The molecular weight excluding hydrogens is 375 g/mol. The lowest BCUT2D eigenvalue weighted by Gasteiger charge is -2.15. The molecule has 0 fully saturated rings. The van der Waals surface area contributed by atoms with Crippen molar-refractivity contribution in [1.82, 2.24) is 5.32 Å². The molecule has 2 aromatic carbocycles. The zero-order chi connectivity index (χ0) is 14.7. The maximum atomic E-state index is 13.2. The minimum atomic E-state index is -0.919. The Bertz CT molecular complexity index is 646. The summed E-state index contributed by atoms with van der Waals surface area (Å²) in [5.74, 6) is -2.06. The number of rotatable bonds is 3. The summed E-state index contributed by atoms with van der Waals surface area (Å²) in [4.78, 5) is 12.1. The highest BCUT2D eigenvalue weighted by molar-refractivity contribution is 14.1. The third-order valence-electron chi connectivity index (χ3n) is 2.91. The van der Waals surface area contributed by atoms with Gasteiger partial charge in [-0.1, -0.05) is 18.2 Å². The molecule has 1 N–H and O–H groups in total. The highest BCUT2D eigenvalue weighted by atomic mass is 127. The van der Waals surface area contributed by atoms with E-state index in [-0.39, 0.29) is 5.91 Å². The van der Waals surface area contributed by atoms with Gasteiger partial charge in [-0.05, 0) is 59.3 Å². The quantitative estimate of drug-likeness (QED) is 0.791. The van der Waals surface area contributed by atoms with Crippen molar-refractivity contribution < 1.29 is 13.6 Å². The van der Waals surface area contributed by atoms with Gasteiger partial charge in [0.25, 0.3) is 5.91 Å². The third-order valence-corrected chi connectivity index (χ3v) is 3.85. The van der Waals surface area contributed by atoms with E-state index >= 15 is 0 Å². The molecule has 1 atom stereocenters. The highest BCUT2D eigenvalue weighted by Gasteiger charge is 2.14. The topological polar surface area (TPSA) is 29.1 Å². The molecule has 1 amide bonds. The van der Waals surface area contributed by atoms with E-state index in [4.69, 9.17) is 0 Å². The van der Waals surface area contributed by atoms with Crippen molar-refractivity contribution in [3.05, 3.63) is 68.8 Å². The molecule has 0 spiro atoms. The fourth-order valence-corrected chi connectivity index (χ4v) is 2.42. The summed E-state index contributed by atoms with van der Waals surface area (Å²) < 4.78 is 26.9. The second kappa shape index (κ2) is 6.30. The van der Waals surface area contributed by atoms with E-state index in [1.54, 1.807) is 19.1 Å². The summed E-state index contributed by atoms with van der Waals surface area (Å²) in [6.45, 7) is 1.72. The van der Waals surface area contributed by atoms with Gasteiger partial charge >= 0.3 is 0 Å². The van der Waals surface area contributed by atoms with Crippen molar-refractivity contribution in [1.29, 1.82) is 0 Å². The minimum absolute atomic E-state index is 0.243. The summed E-state index contributed by atoms with van der Waals surface area (Å²) in [6.07, 6.45) is 0. The molecule has 0 radical (unpaired) electrons. The van der Waals surface area contributed by atoms with Crippen molar-refractivity contribution in [2.24, 2.45) is 0 Å². The van der Waals surface area contributed by atoms with E-state index in [1.165, 1.54) is 6.07 Å². The molecule has 5 heteroatoms. The molecule has 0 aliphatic rings. The van der Waals surface area contributed by atoms with Crippen LogP contribution in [0.2, 0.25) is 0 Å². The molecule has 0 saturated carbocycles. The van der Waals surface area contributed by atoms with Gasteiger partial charge in [0.15, 0.2) is 11.6 Å². The van der Waals surface area contributed by atoms with Gasteiger partial charge in [-0.2, -0.15) is 0 Å². The van der Waals surface area contributed by atoms with Crippen molar-refractivity contribution in [2.75, 3.05) is 0 Å². The van der Waals surface area contributed by atoms with E-state index in [1.807, 2.05) is 12.1 Å². The number of benzene rings is 2. The van der Waals surface area contributed by atoms with Gasteiger partial charge in [-0.25, -0.2) is 8.78 Å². The van der Waals surface area contributed by atoms with Gasteiger partial charge in [-0.15, -0.1) is 0 Å². The smallest absolute Gasteiger partial charge is 0.252 e. The molecule has 2 aromatic rings. The molecule has 2 nitrogen and oxygen atoms in total. The Balaban J connectivity index is 2.15. The molecular formula is C15H12F2INO. The normalized spacial score (nSPS) is 12.0. The summed E-state index contributed by atoms with van der Waals surface area (Å²) >= 11 is 2.08. The number of carbonyl (C=O) groups is 1. The van der Waals surface area contributed by atoms with Crippen LogP contribution in [0.3, 0.4) is 0 Å². The van der Waals surface area contributed by atoms with Gasteiger partial charge < -0.3 is 5.32 Å². The standard InChI is InChI=1S/C15H12F2INO/c1-9(10-6-7-12(16)13(17)8-10)19-15(20)11-4-2-3-5-14(11)18/h2-9H,1H3,(H,19,20). The second-order valence-corrected chi connectivity index (χ2v) is 5.51. The fourth-order valence-electron chi connectivity index (χ4n) is 1.78. The first-order valence-corrected chi connectivity index (χ1v) is 7.07. The lowest BCUT2D eigenvalue weighted by molar-refractivity contribution is 0.0939. The first-order chi connectivity index (χ1) is 9.49. The molecule has 0 aromatic heterocycles. The Kier molecular flexibility index (Phi) is 4.69. The number of hydrogen-bond donors (Lipinski definition) is 1. The minimum Gasteiger partial charge on any atom is -0.345 e. The molecule has 2 rings (SSSR count). The summed E-state index contributed by atoms with van der Waals surface area (Å²) in [7, 11) is 0. The number of carbonyl (C=O) groups excluding carboxylic acids is 1. The molecule has 0 bridgehead atoms. The van der Waals surface area contributed by atoms with E-state index in [0.29, 0.717) is 11.1 Å². The number of halogens is 3. The molecule has 104 valence electrons. The predicted molar refractivity (Wildman–Crippen MR) is 81.4 cm³/mol. The third kappa shape index (κ3) is 3.33. The maximum absolute atomic E-state index is 13.2. The first-order valence-electron chi connectivity index (χ1n) is 5.99. The van der Waals surface area contributed by atoms with Crippen LogP contribution in [0.4, 0.5) is 8.78 Å². The summed E-state index contributed by atoms with van der Waals surface area (Å²) in [5.41, 5.74) is 1.07. The fraction of sp³-hybridized carbons (Fsp3) is 0.133. The second-order valence-electron chi connectivity index (χ2n) is 4.35. The Morgan fingerprint density at radius 3 is 2.50 bits per heavy atom. The van der Waals surface area contributed by atoms with Crippen molar-refractivity contribution in [2.45, 2.75) is 13.0 Å². The number of nitrogens with one attached hydrogen (secondary N) is 1. The summed E-state index contributed by atoms with van der Waals surface area (Å²) in [6, 6.07) is 10.4. The van der Waals surface area contributed by atoms with Gasteiger partial charge in [0, 0.05) is 3.57 Å². The zero-order valence-corrected chi connectivity index (χ0v) is 12.8. The van der Waals surface area contributed by atoms with Crippen LogP contribution in [0.25, 0.3) is 0 Å². The van der Waals surface area contributed by atoms with Crippen LogP contribution in [-0.4, -0.2) is 5.91 Å². The van der Waals surface area contributed by atoms with Crippen LogP contribution in [0.5, 0.6) is 0 Å². The van der Waals surface area contributed by atoms with Crippen molar-refractivity contribution in [3.8, 4) is 0 Å². The van der Waals surface area contributed by atoms with Gasteiger partial charge in [0.05, 0.1) is 11.6 Å². The average Bonchev–Trinajstić information content (AvgIpc) is 2.42. The SMILES string of the molecule is CC(NC(=O)c1ccccc1I)c1ccc(F)c(F)c1. The highest BCUT2D eigenvalue weighted by Crippen LogP contribution is 2.18. The Morgan fingerprint density at radius 2 is 1.85 bits per heavy atom. The predicted octanol–water partition coefficient (Wildman–Crippen LogP) is 4.06. The van der Waals surface area contributed by atoms with Gasteiger partial charge in [-0.3, -0.25) is 4.79 Å². The van der Waals surface area contributed by atoms with Crippen molar-refractivity contribution >= 4 is 28.5 Å².